The van der Waals surface area contributed by atoms with E-state index in [-0.39, 0.29) is 6.04 Å². The molecule has 0 aromatic heterocycles. The van der Waals surface area contributed by atoms with E-state index in [1.165, 1.54) is 0 Å². The van der Waals surface area contributed by atoms with Crippen LogP contribution in [0.15, 0.2) is 24.3 Å². The van der Waals surface area contributed by atoms with Crippen molar-refractivity contribution in [2.45, 2.75) is 45.6 Å². The maximum absolute atomic E-state index is 12.7. The smallest absolute Gasteiger partial charge is 0.279 e. The lowest BCUT2D eigenvalue weighted by Gasteiger charge is -2.29. The Kier molecular flexibility index (Phi) is 8.34. The summed E-state index contributed by atoms with van der Waals surface area (Å²) in [6.07, 6.45) is 3.96. The molecule has 1 aromatic rings. The minimum atomic E-state index is -3.46. The predicted molar refractivity (Wildman–Crippen MR) is 106 cm³/mol. The van der Waals surface area contributed by atoms with E-state index in [2.05, 4.69) is 9.62 Å². The van der Waals surface area contributed by atoms with Crippen molar-refractivity contribution in [1.29, 1.82) is 0 Å². The summed E-state index contributed by atoms with van der Waals surface area (Å²) in [7, 11) is -1.81. The van der Waals surface area contributed by atoms with Crippen LogP contribution in [0.2, 0.25) is 0 Å². The third kappa shape index (κ3) is 5.67. The van der Waals surface area contributed by atoms with Crippen LogP contribution in [-0.2, 0) is 10.2 Å². The third-order valence-electron chi connectivity index (χ3n) is 4.83. The second-order valence-electron chi connectivity index (χ2n) is 6.78. The van der Waals surface area contributed by atoms with E-state index in [0.29, 0.717) is 19.6 Å². The molecule has 1 N–H and O–H groups in total. The Balaban J connectivity index is 2.13. The van der Waals surface area contributed by atoms with Gasteiger partial charge in [0.05, 0.1) is 7.11 Å². The van der Waals surface area contributed by atoms with E-state index < -0.39 is 10.2 Å². The molecule has 1 aliphatic rings. The van der Waals surface area contributed by atoms with Gasteiger partial charge < -0.3 is 4.74 Å². The van der Waals surface area contributed by atoms with Crippen molar-refractivity contribution in [3.63, 3.8) is 0 Å². The van der Waals surface area contributed by atoms with Gasteiger partial charge in [0.15, 0.2) is 0 Å². The topological polar surface area (TPSA) is 61.9 Å². The molecule has 6 nitrogen and oxygen atoms in total. The molecule has 0 bridgehead atoms. The molecule has 2 rings (SSSR count). The number of ether oxygens (including phenoxy) is 1. The standard InChI is InChI=1S/C19H33N3O3S/c1-4-12-22(13-5-2)26(23,24)20-16-19(21-14-6-7-15-21)17-8-10-18(25-3)11-9-17/h8-11,19-20H,4-7,12-16H2,1-3H3/t19-/m1/s1. The van der Waals surface area contributed by atoms with E-state index in [9.17, 15) is 8.42 Å². The first kappa shape index (κ1) is 21.2. The molecule has 1 atom stereocenters. The number of hydrogen-bond acceptors (Lipinski definition) is 4. The minimum Gasteiger partial charge on any atom is -0.497 e. The Labute approximate surface area is 158 Å². The molecule has 0 saturated carbocycles. The van der Waals surface area contributed by atoms with Gasteiger partial charge in [0.25, 0.3) is 10.2 Å². The first-order chi connectivity index (χ1) is 12.5. The van der Waals surface area contributed by atoms with Gasteiger partial charge in [-0.3, -0.25) is 4.90 Å². The highest BCUT2D eigenvalue weighted by atomic mass is 32.2. The molecule has 1 saturated heterocycles. The van der Waals surface area contributed by atoms with Crippen molar-refractivity contribution >= 4 is 10.2 Å². The summed E-state index contributed by atoms with van der Waals surface area (Å²) in [6.45, 7) is 7.52. The van der Waals surface area contributed by atoms with Gasteiger partial charge >= 0.3 is 0 Å². The zero-order valence-electron chi connectivity index (χ0n) is 16.3. The number of likely N-dealkylation sites (tertiary alicyclic amines) is 1. The molecular weight excluding hydrogens is 350 g/mol. The molecule has 0 aliphatic carbocycles. The van der Waals surface area contributed by atoms with E-state index in [1.54, 1.807) is 11.4 Å². The lowest BCUT2D eigenvalue weighted by atomic mass is 10.1. The third-order valence-corrected chi connectivity index (χ3v) is 6.40. The van der Waals surface area contributed by atoms with Crippen LogP contribution in [0.1, 0.15) is 51.1 Å². The summed E-state index contributed by atoms with van der Waals surface area (Å²) in [6, 6.07) is 7.99. The highest BCUT2D eigenvalue weighted by molar-refractivity contribution is 7.87. The highest BCUT2D eigenvalue weighted by Crippen LogP contribution is 2.26. The first-order valence-corrected chi connectivity index (χ1v) is 11.1. The molecule has 0 radical (unpaired) electrons. The largest absolute Gasteiger partial charge is 0.497 e. The van der Waals surface area contributed by atoms with Crippen LogP contribution in [0.3, 0.4) is 0 Å². The summed E-state index contributed by atoms with van der Waals surface area (Å²) < 4.78 is 35.1. The van der Waals surface area contributed by atoms with Gasteiger partial charge in [-0.05, 0) is 56.5 Å². The molecule has 0 unspecified atom stereocenters. The number of nitrogens with zero attached hydrogens (tertiary/aromatic N) is 2. The minimum absolute atomic E-state index is 0.0447. The Hall–Kier alpha value is -1.15. The van der Waals surface area contributed by atoms with E-state index in [1.807, 2.05) is 38.1 Å². The van der Waals surface area contributed by atoms with Gasteiger partial charge in [0.1, 0.15) is 5.75 Å². The molecule has 0 amide bonds. The molecule has 7 heteroatoms. The lowest BCUT2D eigenvalue weighted by molar-refractivity contribution is 0.245. The Bertz CT molecular complexity index is 622. The van der Waals surface area contributed by atoms with Crippen molar-refractivity contribution < 1.29 is 13.2 Å². The molecule has 26 heavy (non-hydrogen) atoms. The molecule has 148 valence electrons. The van der Waals surface area contributed by atoms with E-state index in [0.717, 1.165) is 50.1 Å². The number of rotatable bonds is 11. The van der Waals surface area contributed by atoms with Gasteiger partial charge in [0, 0.05) is 25.7 Å². The van der Waals surface area contributed by atoms with E-state index in [4.69, 9.17) is 4.74 Å². The first-order valence-electron chi connectivity index (χ1n) is 9.64. The van der Waals surface area contributed by atoms with Crippen LogP contribution in [0.5, 0.6) is 5.75 Å². The maximum Gasteiger partial charge on any atom is 0.279 e. The fraction of sp³-hybridized carbons (Fsp3) is 0.684. The van der Waals surface area contributed by atoms with Crippen LogP contribution in [0.25, 0.3) is 0 Å². The number of benzene rings is 1. The molecule has 1 aromatic carbocycles. The predicted octanol–water partition coefficient (Wildman–Crippen LogP) is 2.79. The lowest BCUT2D eigenvalue weighted by Crippen LogP contribution is -2.45. The second-order valence-corrected chi connectivity index (χ2v) is 8.54. The summed E-state index contributed by atoms with van der Waals surface area (Å²) in [5.74, 6) is 0.812. The molecule has 1 fully saturated rings. The number of hydrogen-bond donors (Lipinski definition) is 1. The SMILES string of the molecule is CCCN(CCC)S(=O)(=O)NC[C@H](c1ccc(OC)cc1)N1CCCC1. The summed E-state index contributed by atoms with van der Waals surface area (Å²) in [4.78, 5) is 2.37. The van der Waals surface area contributed by atoms with Gasteiger partial charge in [-0.1, -0.05) is 26.0 Å². The summed E-state index contributed by atoms with van der Waals surface area (Å²) in [5, 5.41) is 0. The van der Waals surface area contributed by atoms with Gasteiger partial charge in [-0.15, -0.1) is 0 Å². The Morgan fingerprint density at radius 2 is 1.69 bits per heavy atom. The van der Waals surface area contributed by atoms with Crippen LogP contribution in [0.4, 0.5) is 0 Å². The molecule has 1 heterocycles. The van der Waals surface area contributed by atoms with Crippen molar-refractivity contribution in [3.8, 4) is 5.75 Å². The highest BCUT2D eigenvalue weighted by Gasteiger charge is 2.27. The maximum atomic E-state index is 12.7. The van der Waals surface area contributed by atoms with Crippen molar-refractivity contribution in [2.75, 3.05) is 39.8 Å². The fourth-order valence-corrected chi connectivity index (χ4v) is 4.86. The second kappa shape index (κ2) is 10.3. The monoisotopic (exact) mass is 383 g/mol. The number of methoxy groups -OCH3 is 1. The van der Waals surface area contributed by atoms with Gasteiger partial charge in [-0.2, -0.15) is 12.7 Å². The number of nitrogens with one attached hydrogen (secondary N) is 1. The van der Waals surface area contributed by atoms with Crippen molar-refractivity contribution in [2.24, 2.45) is 0 Å². The zero-order chi connectivity index (χ0) is 19.0. The van der Waals surface area contributed by atoms with Crippen LogP contribution in [-0.4, -0.2) is 57.5 Å². The molecule has 1 aliphatic heterocycles. The molecule has 0 spiro atoms. The van der Waals surface area contributed by atoms with Crippen LogP contribution >= 0.6 is 0 Å². The summed E-state index contributed by atoms with van der Waals surface area (Å²) >= 11 is 0. The quantitative estimate of drug-likeness (QED) is 0.638. The molecular formula is C19H33N3O3S. The normalized spacial score (nSPS) is 16.9. The van der Waals surface area contributed by atoms with Crippen molar-refractivity contribution in [3.05, 3.63) is 29.8 Å². The average molecular weight is 384 g/mol. The van der Waals surface area contributed by atoms with Crippen LogP contribution in [0, 0.1) is 0 Å². The Morgan fingerprint density at radius 1 is 1.12 bits per heavy atom. The van der Waals surface area contributed by atoms with Gasteiger partial charge in [0.2, 0.25) is 0 Å². The average Bonchev–Trinajstić information content (AvgIpc) is 3.16. The fourth-order valence-electron chi connectivity index (χ4n) is 3.46. The van der Waals surface area contributed by atoms with E-state index >= 15 is 0 Å². The summed E-state index contributed by atoms with van der Waals surface area (Å²) in [5.41, 5.74) is 1.12. The van der Waals surface area contributed by atoms with Crippen LogP contribution < -0.4 is 9.46 Å². The Morgan fingerprint density at radius 3 is 2.19 bits per heavy atom. The van der Waals surface area contributed by atoms with Gasteiger partial charge in [-0.25, -0.2) is 4.72 Å². The van der Waals surface area contributed by atoms with Crippen molar-refractivity contribution in [1.82, 2.24) is 13.9 Å². The zero-order valence-corrected chi connectivity index (χ0v) is 17.1.